The molecule has 5 heteroatoms. The van der Waals surface area contributed by atoms with Crippen molar-refractivity contribution in [3.05, 3.63) is 41.5 Å². The first kappa shape index (κ1) is 15.9. The first-order valence-electron chi connectivity index (χ1n) is 8.06. The minimum Gasteiger partial charge on any atom is -0.305 e. The van der Waals surface area contributed by atoms with Crippen LogP contribution in [0, 0.1) is 0 Å². The van der Waals surface area contributed by atoms with Crippen LogP contribution in [-0.4, -0.2) is 20.2 Å². The molecule has 0 radical (unpaired) electrons. The fourth-order valence-corrected chi connectivity index (χ4v) is 2.80. The Morgan fingerprint density at radius 1 is 1.39 bits per heavy atom. The van der Waals surface area contributed by atoms with E-state index in [0.717, 1.165) is 47.5 Å². The summed E-state index contributed by atoms with van der Waals surface area (Å²) in [6, 6.07) is 4.19. The summed E-state index contributed by atoms with van der Waals surface area (Å²) in [6.45, 7) is 6.14. The lowest BCUT2D eigenvalue weighted by atomic mass is 10.1. The summed E-state index contributed by atoms with van der Waals surface area (Å²) in [5.74, 6) is 0.936. The Balaban J connectivity index is 2.12. The quantitative estimate of drug-likeness (QED) is 0.558. The third kappa shape index (κ3) is 3.22. The van der Waals surface area contributed by atoms with Gasteiger partial charge in [-0.3, -0.25) is 4.99 Å². The number of allylic oxidation sites excluding steroid dienone is 3. The molecule has 120 valence electrons. The molecule has 0 aliphatic heterocycles. The molecule has 4 nitrogen and oxygen atoms in total. The molecule has 0 N–H and O–H groups in total. The van der Waals surface area contributed by atoms with Gasteiger partial charge < -0.3 is 4.57 Å². The molecule has 1 fully saturated rings. The Labute approximate surface area is 141 Å². The predicted octanol–water partition coefficient (Wildman–Crippen LogP) is 5.21. The summed E-state index contributed by atoms with van der Waals surface area (Å²) >= 11 is 6.09. The van der Waals surface area contributed by atoms with Gasteiger partial charge in [-0.1, -0.05) is 30.7 Å². The topological polar surface area (TPSA) is 43.1 Å². The van der Waals surface area contributed by atoms with Gasteiger partial charge in [0.1, 0.15) is 16.5 Å². The average Bonchev–Trinajstić information content (AvgIpc) is 3.30. The Bertz CT molecular complexity index is 810. The van der Waals surface area contributed by atoms with Gasteiger partial charge in [-0.25, -0.2) is 9.97 Å². The maximum atomic E-state index is 6.09. The van der Waals surface area contributed by atoms with Gasteiger partial charge in [-0.15, -0.1) is 0 Å². The molecule has 2 aromatic rings. The number of imidazole rings is 1. The number of rotatable bonds is 5. The van der Waals surface area contributed by atoms with Crippen LogP contribution in [0.2, 0.25) is 5.15 Å². The SMILES string of the molecule is C\C=C(/C(C)=N/C=C/CC)c1nc2ccc(Cl)nc2n1C1CC1. The Kier molecular flexibility index (Phi) is 4.62. The van der Waals surface area contributed by atoms with Crippen LogP contribution >= 0.6 is 11.6 Å². The van der Waals surface area contributed by atoms with Crippen LogP contribution in [0.3, 0.4) is 0 Å². The highest BCUT2D eigenvalue weighted by atomic mass is 35.5. The van der Waals surface area contributed by atoms with Crippen molar-refractivity contribution in [2.24, 2.45) is 4.99 Å². The summed E-state index contributed by atoms with van der Waals surface area (Å²) in [7, 11) is 0. The van der Waals surface area contributed by atoms with Crippen LogP contribution in [-0.2, 0) is 0 Å². The van der Waals surface area contributed by atoms with Crippen LogP contribution in [0.5, 0.6) is 0 Å². The zero-order chi connectivity index (χ0) is 16.4. The lowest BCUT2D eigenvalue weighted by Gasteiger charge is -2.10. The average molecular weight is 329 g/mol. The normalized spacial score (nSPS) is 16.7. The number of fused-ring (bicyclic) bond motifs is 1. The Hall–Kier alpha value is -1.94. The van der Waals surface area contributed by atoms with Gasteiger partial charge in [-0.2, -0.15) is 0 Å². The summed E-state index contributed by atoms with van der Waals surface area (Å²) in [5, 5.41) is 0.504. The molecule has 2 aromatic heterocycles. The monoisotopic (exact) mass is 328 g/mol. The fraction of sp³-hybridized carbons (Fsp3) is 0.389. The van der Waals surface area contributed by atoms with E-state index >= 15 is 0 Å². The Morgan fingerprint density at radius 2 is 2.17 bits per heavy atom. The highest BCUT2D eigenvalue weighted by Crippen LogP contribution is 2.40. The molecule has 0 bridgehead atoms. The highest BCUT2D eigenvalue weighted by molar-refractivity contribution is 6.29. The second-order valence-corrected chi connectivity index (χ2v) is 6.11. The van der Waals surface area contributed by atoms with Crippen molar-refractivity contribution >= 4 is 34.0 Å². The minimum atomic E-state index is 0.468. The summed E-state index contributed by atoms with van der Waals surface area (Å²) in [4.78, 5) is 13.8. The van der Waals surface area contributed by atoms with Crippen LogP contribution in [0.15, 0.2) is 35.5 Å². The maximum absolute atomic E-state index is 6.09. The molecular formula is C18H21ClN4. The lowest BCUT2D eigenvalue weighted by Crippen LogP contribution is -2.06. The molecule has 0 aromatic carbocycles. The summed E-state index contributed by atoms with van der Waals surface area (Å²) in [6.07, 6.45) is 9.27. The molecular weight excluding hydrogens is 308 g/mol. The van der Waals surface area contributed by atoms with Crippen molar-refractivity contribution in [3.8, 4) is 0 Å². The van der Waals surface area contributed by atoms with Crippen molar-refractivity contribution in [2.45, 2.75) is 46.1 Å². The van der Waals surface area contributed by atoms with Crippen molar-refractivity contribution in [1.29, 1.82) is 0 Å². The van der Waals surface area contributed by atoms with Gasteiger partial charge in [-0.05, 0) is 45.2 Å². The second-order valence-electron chi connectivity index (χ2n) is 5.72. The second kappa shape index (κ2) is 6.67. The predicted molar refractivity (Wildman–Crippen MR) is 97.0 cm³/mol. The van der Waals surface area contributed by atoms with Crippen LogP contribution < -0.4 is 0 Å². The lowest BCUT2D eigenvalue weighted by molar-refractivity contribution is 0.746. The molecule has 2 heterocycles. The van der Waals surface area contributed by atoms with Gasteiger partial charge in [0.05, 0.1) is 0 Å². The molecule has 23 heavy (non-hydrogen) atoms. The van der Waals surface area contributed by atoms with E-state index in [-0.39, 0.29) is 0 Å². The largest absolute Gasteiger partial charge is 0.305 e. The third-order valence-corrected chi connectivity index (χ3v) is 4.15. The number of aromatic nitrogens is 3. The molecule has 0 unspecified atom stereocenters. The first-order chi connectivity index (χ1) is 11.2. The summed E-state index contributed by atoms with van der Waals surface area (Å²) in [5.41, 5.74) is 3.76. The molecule has 1 aliphatic carbocycles. The van der Waals surface area contributed by atoms with Gasteiger partial charge in [0.2, 0.25) is 0 Å². The molecule has 0 atom stereocenters. The van der Waals surface area contributed by atoms with E-state index in [4.69, 9.17) is 16.6 Å². The van der Waals surface area contributed by atoms with E-state index in [0.29, 0.717) is 11.2 Å². The zero-order valence-corrected chi connectivity index (χ0v) is 14.5. The van der Waals surface area contributed by atoms with E-state index in [2.05, 4.69) is 27.5 Å². The zero-order valence-electron chi connectivity index (χ0n) is 13.8. The van der Waals surface area contributed by atoms with E-state index < -0.39 is 0 Å². The number of nitrogens with zero attached hydrogens (tertiary/aromatic N) is 4. The summed E-state index contributed by atoms with van der Waals surface area (Å²) < 4.78 is 2.22. The van der Waals surface area contributed by atoms with Crippen molar-refractivity contribution in [2.75, 3.05) is 0 Å². The number of hydrogen-bond donors (Lipinski definition) is 0. The molecule has 3 rings (SSSR count). The van der Waals surface area contributed by atoms with Gasteiger partial charge in [0, 0.05) is 23.5 Å². The number of aliphatic imine (C=N–C) groups is 1. The number of pyridine rings is 1. The molecule has 1 aliphatic rings. The van der Waals surface area contributed by atoms with Crippen LogP contribution in [0.1, 0.15) is 51.9 Å². The van der Waals surface area contributed by atoms with Crippen molar-refractivity contribution < 1.29 is 0 Å². The number of halogens is 1. The first-order valence-corrected chi connectivity index (χ1v) is 8.44. The van der Waals surface area contributed by atoms with Crippen molar-refractivity contribution in [1.82, 2.24) is 14.5 Å². The van der Waals surface area contributed by atoms with E-state index in [1.54, 1.807) is 6.07 Å². The Morgan fingerprint density at radius 3 is 2.83 bits per heavy atom. The van der Waals surface area contributed by atoms with Gasteiger partial charge in [0.15, 0.2) is 5.65 Å². The van der Waals surface area contributed by atoms with Crippen molar-refractivity contribution in [3.63, 3.8) is 0 Å². The maximum Gasteiger partial charge on any atom is 0.162 e. The standard InChI is InChI=1S/C18H21ClN4/c1-4-6-11-20-12(3)14(5-2)17-21-15-9-10-16(19)22-18(15)23(17)13-7-8-13/h5-6,9-11,13H,4,7-8H2,1-3H3/b11-6+,14-5+,20-12+. The van der Waals surface area contributed by atoms with E-state index in [1.807, 2.05) is 32.2 Å². The van der Waals surface area contributed by atoms with Crippen LogP contribution in [0.25, 0.3) is 16.7 Å². The fourth-order valence-electron chi connectivity index (χ4n) is 2.66. The van der Waals surface area contributed by atoms with Gasteiger partial charge >= 0.3 is 0 Å². The molecule has 0 saturated heterocycles. The van der Waals surface area contributed by atoms with E-state index in [9.17, 15) is 0 Å². The smallest absolute Gasteiger partial charge is 0.162 e. The molecule has 1 saturated carbocycles. The third-order valence-electron chi connectivity index (χ3n) is 3.94. The van der Waals surface area contributed by atoms with Crippen LogP contribution in [0.4, 0.5) is 0 Å². The van der Waals surface area contributed by atoms with E-state index in [1.165, 1.54) is 0 Å². The minimum absolute atomic E-state index is 0.468. The highest BCUT2D eigenvalue weighted by Gasteiger charge is 2.30. The molecule has 0 spiro atoms. The van der Waals surface area contributed by atoms with Gasteiger partial charge in [0.25, 0.3) is 0 Å². The molecule has 0 amide bonds. The number of hydrogen-bond acceptors (Lipinski definition) is 3.